The highest BCUT2D eigenvalue weighted by atomic mass is 16.2. The lowest BCUT2D eigenvalue weighted by atomic mass is 9.83. The van der Waals surface area contributed by atoms with Crippen LogP contribution in [0.3, 0.4) is 0 Å². The molecule has 1 aliphatic heterocycles. The van der Waals surface area contributed by atoms with Gasteiger partial charge in [0, 0.05) is 43.3 Å². The van der Waals surface area contributed by atoms with Crippen molar-refractivity contribution in [1.82, 2.24) is 24.6 Å². The minimum atomic E-state index is -1.26. The summed E-state index contributed by atoms with van der Waals surface area (Å²) in [6, 6.07) is 7.68. The van der Waals surface area contributed by atoms with Gasteiger partial charge in [-0.3, -0.25) is 14.4 Å². The normalized spacial score (nSPS) is 19.1. The van der Waals surface area contributed by atoms with E-state index in [1.807, 2.05) is 35.1 Å². The van der Waals surface area contributed by atoms with Gasteiger partial charge in [0.2, 0.25) is 0 Å². The predicted molar refractivity (Wildman–Crippen MR) is 110 cm³/mol. The number of guanidine groups is 1. The Bertz CT molecular complexity index is 1070. The number of hydrogen-bond donors (Lipinski definition) is 1. The molecule has 1 amide bonds. The first-order chi connectivity index (χ1) is 13.9. The molecule has 1 atom stereocenters. The molecule has 0 bridgehead atoms. The zero-order valence-corrected chi connectivity index (χ0v) is 16.6. The lowest BCUT2D eigenvalue weighted by Crippen LogP contribution is -2.41. The van der Waals surface area contributed by atoms with E-state index in [1.54, 1.807) is 25.6 Å². The van der Waals surface area contributed by atoms with Gasteiger partial charge in [-0.05, 0) is 23.1 Å². The maximum Gasteiger partial charge on any atom is 0.266 e. The van der Waals surface area contributed by atoms with Crippen LogP contribution in [0.4, 0.5) is 0 Å². The molecule has 8 nitrogen and oxygen atoms in total. The Morgan fingerprint density at radius 3 is 2.52 bits per heavy atom. The highest BCUT2D eigenvalue weighted by Gasteiger charge is 2.50. The topological polar surface area (TPSA) is 102 Å². The molecule has 0 spiro atoms. The number of nitrogens with zero attached hydrogens (tertiary/aromatic N) is 6. The van der Waals surface area contributed by atoms with Crippen LogP contribution in [0, 0.1) is 5.92 Å². The number of aromatic nitrogens is 4. The molecule has 0 saturated carbocycles. The van der Waals surface area contributed by atoms with Gasteiger partial charge in [-0.15, -0.1) is 0 Å². The van der Waals surface area contributed by atoms with E-state index in [0.717, 1.165) is 23.2 Å². The van der Waals surface area contributed by atoms with Gasteiger partial charge in [-0.25, -0.2) is 15.0 Å². The quantitative estimate of drug-likeness (QED) is 0.719. The van der Waals surface area contributed by atoms with E-state index in [2.05, 4.69) is 33.9 Å². The van der Waals surface area contributed by atoms with Crippen molar-refractivity contribution in [3.05, 3.63) is 66.5 Å². The van der Waals surface area contributed by atoms with E-state index in [-0.39, 0.29) is 11.9 Å². The third-order valence-electron chi connectivity index (χ3n) is 5.02. The van der Waals surface area contributed by atoms with Crippen molar-refractivity contribution in [3.63, 3.8) is 0 Å². The summed E-state index contributed by atoms with van der Waals surface area (Å²) < 4.78 is 1.84. The second-order valence-electron chi connectivity index (χ2n) is 7.60. The molecule has 148 valence electrons. The van der Waals surface area contributed by atoms with Crippen molar-refractivity contribution >= 4 is 11.9 Å². The van der Waals surface area contributed by atoms with Gasteiger partial charge in [-0.1, -0.05) is 32.0 Å². The van der Waals surface area contributed by atoms with Crippen LogP contribution in [0.25, 0.3) is 11.1 Å². The van der Waals surface area contributed by atoms with Crippen LogP contribution in [-0.2, 0) is 16.9 Å². The molecule has 0 radical (unpaired) electrons. The van der Waals surface area contributed by atoms with Crippen molar-refractivity contribution < 1.29 is 4.79 Å². The number of amides is 1. The highest BCUT2D eigenvalue weighted by Crippen LogP contribution is 2.40. The van der Waals surface area contributed by atoms with E-state index in [4.69, 9.17) is 5.73 Å². The van der Waals surface area contributed by atoms with Gasteiger partial charge < -0.3 is 5.73 Å². The summed E-state index contributed by atoms with van der Waals surface area (Å²) in [6.07, 6.45) is 8.54. The number of nitrogens with two attached hydrogens (primary N) is 1. The fourth-order valence-electron chi connectivity index (χ4n) is 3.58. The number of carbonyl (C=O) groups excluding carboxylic acids is 1. The minimum Gasteiger partial charge on any atom is -0.369 e. The zero-order chi connectivity index (χ0) is 20.6. The molecule has 1 unspecified atom stereocenters. The molecule has 3 aromatic rings. The summed E-state index contributed by atoms with van der Waals surface area (Å²) in [5.74, 6) is 0.399. The zero-order valence-electron chi connectivity index (χ0n) is 16.6. The molecule has 0 saturated heterocycles. The van der Waals surface area contributed by atoms with Crippen LogP contribution in [0.15, 0.2) is 60.4 Å². The van der Waals surface area contributed by atoms with E-state index in [1.165, 1.54) is 11.2 Å². The molecule has 2 N–H and O–H groups in total. The number of hydrogen-bond acceptors (Lipinski definition) is 6. The van der Waals surface area contributed by atoms with E-state index in [9.17, 15) is 4.79 Å². The lowest BCUT2D eigenvalue weighted by Gasteiger charge is -2.25. The third kappa shape index (κ3) is 3.16. The Hall–Kier alpha value is -3.55. The van der Waals surface area contributed by atoms with Gasteiger partial charge in [0.25, 0.3) is 5.91 Å². The number of likely N-dealkylation sites (N-methyl/N-ethyl adjacent to an activating group) is 1. The Morgan fingerprint density at radius 1 is 1.10 bits per heavy atom. The molecule has 3 heterocycles. The summed E-state index contributed by atoms with van der Waals surface area (Å²) in [6.45, 7) is 4.99. The van der Waals surface area contributed by atoms with Crippen LogP contribution >= 0.6 is 0 Å². The van der Waals surface area contributed by atoms with Crippen molar-refractivity contribution in [1.29, 1.82) is 0 Å². The standard InChI is InChI=1S/C21H23N7O/c1-14(2)11-28-12-18(10-25-28)21(19(29)27(3)20(22)26-21)17-6-4-5-15(7-17)16-8-23-13-24-9-16/h4-10,12-14H,11H2,1-3H3,(H2,22,26). The summed E-state index contributed by atoms with van der Waals surface area (Å²) in [5.41, 5.74) is 7.97. The number of aliphatic imine (C=N–C) groups is 1. The molecule has 1 aliphatic rings. The summed E-state index contributed by atoms with van der Waals surface area (Å²) in [5, 5.41) is 4.45. The van der Waals surface area contributed by atoms with Gasteiger partial charge in [0.15, 0.2) is 11.5 Å². The largest absolute Gasteiger partial charge is 0.369 e. The molecule has 1 aromatic carbocycles. The van der Waals surface area contributed by atoms with Gasteiger partial charge in [-0.2, -0.15) is 5.10 Å². The van der Waals surface area contributed by atoms with Crippen molar-refractivity contribution in [2.24, 2.45) is 16.6 Å². The van der Waals surface area contributed by atoms with Gasteiger partial charge >= 0.3 is 0 Å². The highest BCUT2D eigenvalue weighted by molar-refractivity contribution is 6.08. The smallest absolute Gasteiger partial charge is 0.266 e. The molecule has 2 aromatic heterocycles. The Kier molecular flexibility index (Phi) is 4.62. The molecule has 4 rings (SSSR count). The van der Waals surface area contributed by atoms with Gasteiger partial charge in [0.05, 0.1) is 6.20 Å². The van der Waals surface area contributed by atoms with Crippen LogP contribution in [0.2, 0.25) is 0 Å². The third-order valence-corrected chi connectivity index (χ3v) is 5.02. The van der Waals surface area contributed by atoms with Crippen molar-refractivity contribution in [2.75, 3.05) is 7.05 Å². The maximum atomic E-state index is 13.4. The first kappa shape index (κ1) is 18.8. The first-order valence-electron chi connectivity index (χ1n) is 9.44. The van der Waals surface area contributed by atoms with Crippen LogP contribution in [-0.4, -0.2) is 43.6 Å². The number of benzene rings is 1. The second-order valence-corrected chi connectivity index (χ2v) is 7.60. The molecule has 8 heteroatoms. The lowest BCUT2D eigenvalue weighted by molar-refractivity contribution is -0.129. The van der Waals surface area contributed by atoms with Crippen LogP contribution < -0.4 is 5.73 Å². The van der Waals surface area contributed by atoms with Crippen molar-refractivity contribution in [2.45, 2.75) is 25.9 Å². The Labute approximate surface area is 169 Å². The predicted octanol–water partition coefficient (Wildman–Crippen LogP) is 2.03. The summed E-state index contributed by atoms with van der Waals surface area (Å²) in [4.78, 5) is 27.6. The van der Waals surface area contributed by atoms with E-state index in [0.29, 0.717) is 11.5 Å². The average Bonchev–Trinajstić information content (AvgIpc) is 3.27. The summed E-state index contributed by atoms with van der Waals surface area (Å²) >= 11 is 0. The number of rotatable bonds is 5. The summed E-state index contributed by atoms with van der Waals surface area (Å²) in [7, 11) is 1.64. The fourth-order valence-corrected chi connectivity index (χ4v) is 3.58. The minimum absolute atomic E-state index is 0.181. The average molecular weight is 389 g/mol. The molecule has 29 heavy (non-hydrogen) atoms. The second kappa shape index (κ2) is 7.12. The Morgan fingerprint density at radius 2 is 1.86 bits per heavy atom. The van der Waals surface area contributed by atoms with Gasteiger partial charge in [0.1, 0.15) is 6.33 Å². The van der Waals surface area contributed by atoms with Crippen LogP contribution in [0.5, 0.6) is 0 Å². The Balaban J connectivity index is 1.87. The maximum absolute atomic E-state index is 13.4. The SMILES string of the molecule is CC(C)Cn1cc(C2(c3cccc(-c4cncnc4)c3)N=C(N)N(C)C2=O)cn1. The van der Waals surface area contributed by atoms with E-state index < -0.39 is 5.54 Å². The molecular formula is C21H23N7O. The molecule has 0 fully saturated rings. The fraction of sp³-hybridized carbons (Fsp3) is 0.286. The van der Waals surface area contributed by atoms with Crippen LogP contribution in [0.1, 0.15) is 25.0 Å². The van der Waals surface area contributed by atoms with Crippen molar-refractivity contribution in [3.8, 4) is 11.1 Å². The van der Waals surface area contributed by atoms with E-state index >= 15 is 0 Å². The molecule has 0 aliphatic carbocycles. The monoisotopic (exact) mass is 389 g/mol. The number of carbonyl (C=O) groups is 1. The molecular weight excluding hydrogens is 366 g/mol. The first-order valence-corrected chi connectivity index (χ1v) is 9.44.